The summed E-state index contributed by atoms with van der Waals surface area (Å²) >= 11 is 0. The summed E-state index contributed by atoms with van der Waals surface area (Å²) in [5.41, 5.74) is 9.95. The molecule has 8 amide bonds. The van der Waals surface area contributed by atoms with Crippen molar-refractivity contribution in [1.29, 1.82) is 0 Å². The number of carbonyl (C=O) groups is 8. The second-order valence-corrected chi connectivity index (χ2v) is 31.3. The van der Waals surface area contributed by atoms with Crippen LogP contribution in [0.15, 0.2) is 153 Å². The summed E-state index contributed by atoms with van der Waals surface area (Å²) in [5.74, 6) is -2.32. The predicted molar refractivity (Wildman–Crippen MR) is 459 cm³/mol. The van der Waals surface area contributed by atoms with Crippen LogP contribution in [0.25, 0.3) is 44.9 Å². The number of nitrogens with zero attached hydrogens (tertiary/aromatic N) is 22. The average Bonchev–Trinajstić information content (AvgIpc) is 1.66. The quantitative estimate of drug-likeness (QED) is 0.0899. The maximum atomic E-state index is 13.1. The zero-order valence-electron chi connectivity index (χ0n) is 69.8. The highest BCUT2D eigenvalue weighted by atomic mass is 16.5. The molecular weight excluding hydrogens is 1590 g/mol. The van der Waals surface area contributed by atoms with E-state index in [1.54, 1.807) is 112 Å². The van der Waals surface area contributed by atoms with Gasteiger partial charge in [-0.1, -0.05) is 43.2 Å². The van der Waals surface area contributed by atoms with Gasteiger partial charge in [-0.05, 0) is 126 Å². The van der Waals surface area contributed by atoms with E-state index < -0.39 is 17.7 Å². The van der Waals surface area contributed by atoms with Crippen molar-refractivity contribution in [2.45, 2.75) is 83.6 Å². The van der Waals surface area contributed by atoms with Crippen molar-refractivity contribution in [1.82, 2.24) is 129 Å². The molecule has 2 atom stereocenters. The number of benzene rings is 1. The van der Waals surface area contributed by atoms with Gasteiger partial charge in [0.2, 0.25) is 0 Å². The second-order valence-electron chi connectivity index (χ2n) is 31.3. The number of hydrogen-bond acceptors (Lipinski definition) is 23. The van der Waals surface area contributed by atoms with Crippen LogP contribution in [0.5, 0.6) is 0 Å². The van der Waals surface area contributed by atoms with E-state index >= 15 is 0 Å². The Morgan fingerprint density at radius 2 is 0.758 bits per heavy atom. The van der Waals surface area contributed by atoms with Gasteiger partial charge in [0.1, 0.15) is 17.1 Å². The Bertz CT molecular complexity index is 5820. The standard InChI is InChI=1S/C24H29N7O3.C21H24N8O2.C21H25N7O2.C19H22N8O2/c32-23-20-7-5-6-19(27-20)17-14-26-30(15-17)11-4-2-1-3-10-25-24(33)22-21(28-23)16-31(29-22)18-8-12-34-13-9-18;1-27-13-18-19(26-27)21(31)22-9-14-5-6-28(11-14)7-8-29-12-15(10-23-29)16-3-2-4-17(24-16)20(30)25-18;1-26-8-4-7-22-21(30)19-18(14-27(2)25-19)24-20(29)16-6-3-5-15(11-16)17-12-23-28(13-17)10-9-26;1-25-7-6-20-19(29)17-16(12-26(2)24-17)23-18(28)15-5-3-4-14(22-15)13-10-21-27(11-13)9-8-25/h5-7,14-16,18H,1-4,8-13H2,(H,25,33)(H,28,32);2-4,10,12-14H,5-9,11H2,1H3,(H,22,31)(H,25,30);3,5-6,11-14H,4,7-10H2,1-2H3,(H,22,30)(H,24,29);3-5,10-12H,6-9H2,1-2H3,(H,20,29)(H,23,28). The minimum Gasteiger partial charge on any atom is -0.381 e. The molecular formula is C85H100N30O9. The molecule has 124 heavy (non-hydrogen) atoms. The molecule has 18 bridgehead atoms. The Balaban J connectivity index is 0.000000128. The van der Waals surface area contributed by atoms with Crippen LogP contribution in [0.3, 0.4) is 0 Å². The fraction of sp³-hybridized carbons (Fsp3) is 0.376. The van der Waals surface area contributed by atoms with Gasteiger partial charge in [0.25, 0.3) is 47.3 Å². The van der Waals surface area contributed by atoms with Gasteiger partial charge in [0, 0.05) is 177 Å². The topological polar surface area (TPSA) is 433 Å². The Hall–Kier alpha value is -14.1. The Labute approximate surface area is 713 Å². The van der Waals surface area contributed by atoms with E-state index in [9.17, 15) is 38.4 Å². The maximum absolute atomic E-state index is 13.1. The summed E-state index contributed by atoms with van der Waals surface area (Å²) in [4.78, 5) is 123. The first kappa shape index (κ1) is 84.9. The number of nitrogens with one attached hydrogen (secondary N) is 8. The van der Waals surface area contributed by atoms with Crippen molar-refractivity contribution in [2.24, 2.45) is 27.1 Å². The number of aromatic nitrogens is 19. The molecule has 18 rings (SSSR count). The van der Waals surface area contributed by atoms with Crippen molar-refractivity contribution >= 4 is 70.0 Å². The van der Waals surface area contributed by atoms with E-state index in [0.29, 0.717) is 104 Å². The molecule has 2 fully saturated rings. The molecule has 12 aromatic rings. The summed E-state index contributed by atoms with van der Waals surface area (Å²) in [5, 5.41) is 57.8. The first-order valence-corrected chi connectivity index (χ1v) is 41.6. The number of fused-ring (bicyclic) bond motifs is 26. The van der Waals surface area contributed by atoms with Crippen LogP contribution in [-0.4, -0.2) is 254 Å². The molecule has 6 aliphatic rings. The third-order valence-corrected chi connectivity index (χ3v) is 21.8. The third kappa shape index (κ3) is 21.8. The van der Waals surface area contributed by atoms with Crippen LogP contribution in [-0.2, 0) is 52.1 Å². The van der Waals surface area contributed by atoms with Crippen LogP contribution >= 0.6 is 0 Å². The lowest BCUT2D eigenvalue weighted by molar-refractivity contribution is 0.0660. The molecule has 11 aromatic heterocycles. The summed E-state index contributed by atoms with van der Waals surface area (Å²) in [6.45, 7) is 12.5. The monoisotopic (exact) mass is 1680 g/mol. The molecule has 6 aliphatic heterocycles. The first-order chi connectivity index (χ1) is 60.2. The minimum absolute atomic E-state index is 0.130. The van der Waals surface area contributed by atoms with Gasteiger partial charge in [-0.25, -0.2) is 15.0 Å². The maximum Gasteiger partial charge on any atom is 0.274 e. The molecule has 2 unspecified atom stereocenters. The molecule has 1 aromatic carbocycles. The van der Waals surface area contributed by atoms with Crippen LogP contribution in [0, 0.1) is 5.92 Å². The molecule has 39 nitrogen and oxygen atoms in total. The SMILES string of the molecule is CN1CCCNC(=O)c2nn(C)cc2NC(=O)c2cccc(c2)-c2cnn(c2)CC1.CN1CCNC(=O)c2nn(C)cc2NC(=O)c2cccc(n2)-c2cnn(c2)CC1.Cn1cc2c(n1)C(=O)NCC1CCN(CCn3cc(cn3)-c3cccc(n3)C(=O)N2)C1.O=C1Nc2cn(C3CCOCC3)nc2C(=O)NCCCCCCn2cc(cn2)-c2cccc1n2. The molecule has 644 valence electrons. The molecule has 0 spiro atoms. The molecule has 0 aliphatic carbocycles. The predicted octanol–water partition coefficient (Wildman–Crippen LogP) is 6.25. The molecule has 17 heterocycles. The fourth-order valence-electron chi connectivity index (χ4n) is 15.0. The summed E-state index contributed by atoms with van der Waals surface area (Å²) < 4.78 is 19.3. The number of anilines is 4. The van der Waals surface area contributed by atoms with E-state index in [0.717, 1.165) is 138 Å². The second kappa shape index (κ2) is 39.6. The Kier molecular flexibility index (Phi) is 27.2. The molecule has 0 radical (unpaired) electrons. The highest BCUT2D eigenvalue weighted by Crippen LogP contribution is 2.29. The number of rotatable bonds is 1. The van der Waals surface area contributed by atoms with Crippen LogP contribution in [0.1, 0.15) is 141 Å². The molecule has 0 saturated carbocycles. The van der Waals surface area contributed by atoms with Crippen molar-refractivity contribution in [3.05, 3.63) is 199 Å². The van der Waals surface area contributed by atoms with Gasteiger partial charge in [0.05, 0.1) is 90.3 Å². The lowest BCUT2D eigenvalue weighted by Crippen LogP contribution is -2.35. The van der Waals surface area contributed by atoms with Crippen molar-refractivity contribution in [3.63, 3.8) is 0 Å². The van der Waals surface area contributed by atoms with Gasteiger partial charge in [-0.15, -0.1) is 0 Å². The normalized spacial score (nSPS) is 18.1. The van der Waals surface area contributed by atoms with Crippen molar-refractivity contribution in [3.8, 4) is 44.9 Å². The number of ether oxygens (including phenoxy) is 1. The number of carbonyl (C=O) groups excluding carboxylic acids is 8. The van der Waals surface area contributed by atoms with Gasteiger partial charge in [-0.3, -0.25) is 75.8 Å². The van der Waals surface area contributed by atoms with Crippen LogP contribution < -0.4 is 42.5 Å². The lowest BCUT2D eigenvalue weighted by Gasteiger charge is -2.22. The van der Waals surface area contributed by atoms with E-state index in [4.69, 9.17) is 4.74 Å². The fourth-order valence-corrected chi connectivity index (χ4v) is 15.0. The zero-order valence-corrected chi connectivity index (χ0v) is 69.8. The number of amides is 8. The zero-order chi connectivity index (χ0) is 86.2. The van der Waals surface area contributed by atoms with E-state index in [1.807, 2.05) is 93.2 Å². The van der Waals surface area contributed by atoms with E-state index in [1.165, 1.54) is 14.0 Å². The van der Waals surface area contributed by atoms with E-state index in [-0.39, 0.29) is 75.4 Å². The van der Waals surface area contributed by atoms with Crippen LogP contribution in [0.4, 0.5) is 22.7 Å². The highest BCUT2D eigenvalue weighted by Gasteiger charge is 2.29. The molecule has 2 saturated heterocycles. The van der Waals surface area contributed by atoms with E-state index in [2.05, 4.69) is 120 Å². The number of aryl methyl sites for hydroxylation is 4. The van der Waals surface area contributed by atoms with Gasteiger partial charge in [0.15, 0.2) is 22.8 Å². The number of likely N-dealkylation sites (N-methyl/N-ethyl adjacent to an activating group) is 2. The molecule has 8 N–H and O–H groups in total. The third-order valence-electron chi connectivity index (χ3n) is 21.8. The summed E-state index contributed by atoms with van der Waals surface area (Å²) in [7, 11) is 9.17. The smallest absolute Gasteiger partial charge is 0.274 e. The van der Waals surface area contributed by atoms with Crippen LogP contribution in [0.2, 0.25) is 0 Å². The Morgan fingerprint density at radius 1 is 0.339 bits per heavy atom. The number of pyridine rings is 3. The Morgan fingerprint density at radius 3 is 1.30 bits per heavy atom. The lowest BCUT2D eigenvalue weighted by atomic mass is 10.1. The van der Waals surface area contributed by atoms with Crippen molar-refractivity contribution < 1.29 is 43.1 Å². The number of hydrogen-bond donors (Lipinski definition) is 8. The molecule has 39 heteroatoms. The van der Waals surface area contributed by atoms with Gasteiger partial charge >= 0.3 is 0 Å². The minimum atomic E-state index is -0.412. The van der Waals surface area contributed by atoms with Gasteiger partial charge < -0.3 is 62.0 Å². The summed E-state index contributed by atoms with van der Waals surface area (Å²) in [6, 6.07) is 23.3. The highest BCUT2D eigenvalue weighted by molar-refractivity contribution is 6.11. The largest absolute Gasteiger partial charge is 0.381 e. The first-order valence-electron chi connectivity index (χ1n) is 41.6. The van der Waals surface area contributed by atoms with Crippen molar-refractivity contribution in [2.75, 3.05) is 121 Å². The average molecular weight is 1690 g/mol. The van der Waals surface area contributed by atoms with Gasteiger partial charge in [-0.2, -0.15) is 40.8 Å². The summed E-state index contributed by atoms with van der Waals surface area (Å²) in [6.07, 6.45) is 28.9.